The van der Waals surface area contributed by atoms with Crippen LogP contribution in [0, 0.1) is 0 Å². The van der Waals surface area contributed by atoms with Gasteiger partial charge < -0.3 is 19.7 Å². The fourth-order valence-corrected chi connectivity index (χ4v) is 6.44. The molecule has 2 fully saturated rings. The van der Waals surface area contributed by atoms with Crippen LogP contribution in [0.4, 0.5) is 10.5 Å². The second-order valence-electron chi connectivity index (χ2n) is 9.50. The number of ketones is 1. The second kappa shape index (κ2) is 11.8. The molecule has 2 aromatic rings. The number of unbranched alkanes of at least 4 members (excludes halogenated alkanes) is 1. The summed E-state index contributed by atoms with van der Waals surface area (Å²) in [6.07, 6.45) is 2.67. The summed E-state index contributed by atoms with van der Waals surface area (Å²) < 4.78 is 39.2. The summed E-state index contributed by atoms with van der Waals surface area (Å²) in [6.45, 7) is 2.09. The molecule has 0 unspecified atom stereocenters. The maximum atomic E-state index is 13.1. The van der Waals surface area contributed by atoms with E-state index in [2.05, 4.69) is 20.3 Å². The second-order valence-corrected chi connectivity index (χ2v) is 11.6. The van der Waals surface area contributed by atoms with Crippen LogP contribution >= 0.6 is 11.6 Å². The Balaban J connectivity index is 1.37. The van der Waals surface area contributed by atoms with Crippen LogP contribution in [0.3, 0.4) is 0 Å². The van der Waals surface area contributed by atoms with Crippen molar-refractivity contribution in [1.82, 2.24) is 15.5 Å². The molecule has 0 aromatic heterocycles. The molecule has 3 N–H and O–H groups in total. The molecule has 11 nitrogen and oxygen atoms in total. The quantitative estimate of drug-likeness (QED) is 0.210. The average molecular weight is 579 g/mol. The van der Waals surface area contributed by atoms with Crippen molar-refractivity contribution in [2.24, 2.45) is 0 Å². The number of carbonyl (C=O) groups is 3. The smallest absolute Gasteiger partial charge is 0.322 e. The number of anilines is 1. The number of benzene rings is 2. The van der Waals surface area contributed by atoms with Crippen molar-refractivity contribution in [3.8, 4) is 11.5 Å². The molecule has 2 aliphatic heterocycles. The number of ether oxygens (including phenoxy) is 2. The fourth-order valence-electron chi connectivity index (χ4n) is 4.85. The lowest BCUT2D eigenvalue weighted by atomic mass is 9.87. The van der Waals surface area contributed by atoms with Gasteiger partial charge in [0.2, 0.25) is 0 Å². The van der Waals surface area contributed by atoms with Crippen molar-refractivity contribution >= 4 is 45.0 Å². The third kappa shape index (κ3) is 6.29. The van der Waals surface area contributed by atoms with Gasteiger partial charge in [-0.2, -0.15) is 0 Å². The lowest BCUT2D eigenvalue weighted by molar-refractivity contribution is -0.125. The number of amides is 3. The molecule has 0 atom stereocenters. The highest BCUT2D eigenvalue weighted by atomic mass is 35.5. The summed E-state index contributed by atoms with van der Waals surface area (Å²) >= 11 is 6.09. The SMILES string of the molecule is COc1cc(OC)c(C(=O)CCCCN2CCC3(CC2)NC(=O)NC3=O)cc1NS(=O)(=O)c1ccccc1Cl. The minimum absolute atomic E-state index is 0.0638. The van der Waals surface area contributed by atoms with Gasteiger partial charge in [-0.05, 0) is 50.4 Å². The Morgan fingerprint density at radius 1 is 1.08 bits per heavy atom. The number of halogens is 1. The van der Waals surface area contributed by atoms with Gasteiger partial charge in [0, 0.05) is 25.6 Å². The average Bonchev–Trinajstić information content (AvgIpc) is 3.19. The first kappa shape index (κ1) is 28.7. The zero-order chi connectivity index (χ0) is 28.2. The number of nitrogens with one attached hydrogen (secondary N) is 3. The van der Waals surface area contributed by atoms with Crippen LogP contribution in [-0.2, 0) is 14.8 Å². The van der Waals surface area contributed by atoms with Crippen LogP contribution in [0.15, 0.2) is 41.3 Å². The van der Waals surface area contributed by atoms with Gasteiger partial charge in [0.1, 0.15) is 21.9 Å². The summed E-state index contributed by atoms with van der Waals surface area (Å²) in [5, 5.41) is 5.12. The molecule has 0 saturated carbocycles. The van der Waals surface area contributed by atoms with Gasteiger partial charge in [-0.25, -0.2) is 13.2 Å². The van der Waals surface area contributed by atoms with E-state index in [0.29, 0.717) is 32.4 Å². The molecule has 2 aromatic carbocycles. The number of Topliss-reactive ketones (excluding diaryl/α,β-unsaturated/α-hetero) is 1. The van der Waals surface area contributed by atoms with E-state index in [1.165, 1.54) is 38.5 Å². The van der Waals surface area contributed by atoms with Crippen molar-refractivity contribution in [2.75, 3.05) is 38.6 Å². The molecule has 13 heteroatoms. The first-order valence-electron chi connectivity index (χ1n) is 12.5. The zero-order valence-corrected chi connectivity index (χ0v) is 23.3. The third-order valence-corrected chi connectivity index (χ3v) is 8.91. The van der Waals surface area contributed by atoms with Crippen LogP contribution in [0.25, 0.3) is 0 Å². The maximum absolute atomic E-state index is 13.1. The molecule has 1 spiro atoms. The first-order chi connectivity index (χ1) is 18.6. The highest BCUT2D eigenvalue weighted by molar-refractivity contribution is 7.92. The number of carbonyl (C=O) groups excluding carboxylic acids is 3. The fraction of sp³-hybridized carbons (Fsp3) is 0.423. The summed E-state index contributed by atoms with van der Waals surface area (Å²) in [5.74, 6) is 0.000122. The molecule has 2 aliphatic rings. The predicted octanol–water partition coefficient (Wildman–Crippen LogP) is 3.19. The molecule has 0 aliphatic carbocycles. The lowest BCUT2D eigenvalue weighted by Gasteiger charge is -2.36. The number of nitrogens with zero attached hydrogens (tertiary/aromatic N) is 1. The van der Waals surface area contributed by atoms with E-state index in [-0.39, 0.29) is 50.8 Å². The molecular weight excluding hydrogens is 548 g/mol. The number of sulfonamides is 1. The molecule has 4 rings (SSSR count). The van der Waals surface area contributed by atoms with E-state index >= 15 is 0 Å². The van der Waals surface area contributed by atoms with Gasteiger partial charge in [0.05, 0.1) is 30.5 Å². The standard InChI is InChI=1S/C26H31ClN4O7S/c1-37-21-16-22(38-2)19(30-39(35,36)23-9-4-3-7-18(23)27)15-17(21)20(32)8-5-6-12-31-13-10-26(11-14-31)24(33)28-25(34)29-26/h3-4,7,9,15-16,30H,5-6,8,10-14H2,1-2H3,(H2,28,29,33,34). The van der Waals surface area contributed by atoms with Crippen LogP contribution in [0.1, 0.15) is 42.5 Å². The van der Waals surface area contributed by atoms with Gasteiger partial charge in [0.15, 0.2) is 5.78 Å². The Bertz CT molecular complexity index is 1370. The van der Waals surface area contributed by atoms with Crippen molar-refractivity contribution in [3.63, 3.8) is 0 Å². The largest absolute Gasteiger partial charge is 0.496 e. The molecule has 0 radical (unpaired) electrons. The first-order valence-corrected chi connectivity index (χ1v) is 14.4. The van der Waals surface area contributed by atoms with E-state index in [9.17, 15) is 22.8 Å². The summed E-state index contributed by atoms with van der Waals surface area (Å²) in [5.41, 5.74) is -0.482. The Hall–Kier alpha value is -3.35. The lowest BCUT2D eigenvalue weighted by Crippen LogP contribution is -2.54. The van der Waals surface area contributed by atoms with Gasteiger partial charge >= 0.3 is 6.03 Å². The highest BCUT2D eigenvalue weighted by Crippen LogP contribution is 2.36. The summed E-state index contributed by atoms with van der Waals surface area (Å²) in [6, 6.07) is 8.49. The van der Waals surface area contributed by atoms with Crippen LogP contribution in [0.5, 0.6) is 11.5 Å². The number of hydrogen-bond acceptors (Lipinski definition) is 8. The van der Waals surface area contributed by atoms with Gasteiger partial charge in [-0.3, -0.25) is 19.6 Å². The minimum atomic E-state index is -4.05. The molecule has 3 amide bonds. The number of hydrogen-bond donors (Lipinski definition) is 3. The predicted molar refractivity (Wildman–Crippen MR) is 145 cm³/mol. The van der Waals surface area contributed by atoms with Gasteiger partial charge in [0.25, 0.3) is 15.9 Å². The van der Waals surface area contributed by atoms with E-state index in [1.54, 1.807) is 12.1 Å². The Kier molecular flexibility index (Phi) is 8.67. The Morgan fingerprint density at radius 3 is 2.38 bits per heavy atom. The Labute approximate surface area is 232 Å². The topological polar surface area (TPSA) is 143 Å². The number of urea groups is 1. The normalized spacial score (nSPS) is 17.0. The van der Waals surface area contributed by atoms with Crippen LogP contribution < -0.4 is 24.8 Å². The monoisotopic (exact) mass is 578 g/mol. The van der Waals surface area contributed by atoms with Crippen molar-refractivity contribution < 1.29 is 32.3 Å². The molecule has 210 valence electrons. The number of piperidine rings is 1. The van der Waals surface area contributed by atoms with E-state index in [0.717, 1.165) is 13.0 Å². The summed E-state index contributed by atoms with van der Waals surface area (Å²) in [7, 11) is -1.24. The third-order valence-electron chi connectivity index (χ3n) is 7.04. The van der Waals surface area contributed by atoms with Crippen molar-refractivity contribution in [1.29, 1.82) is 0 Å². The van der Waals surface area contributed by atoms with E-state index in [4.69, 9.17) is 21.1 Å². The van der Waals surface area contributed by atoms with Gasteiger partial charge in [-0.1, -0.05) is 23.7 Å². The number of imide groups is 1. The van der Waals surface area contributed by atoms with Crippen molar-refractivity contribution in [3.05, 3.63) is 47.0 Å². The van der Waals surface area contributed by atoms with Gasteiger partial charge in [-0.15, -0.1) is 0 Å². The van der Waals surface area contributed by atoms with Crippen LogP contribution in [-0.4, -0.2) is 70.4 Å². The highest BCUT2D eigenvalue weighted by Gasteiger charge is 2.47. The summed E-state index contributed by atoms with van der Waals surface area (Å²) in [4.78, 5) is 38.9. The molecule has 2 saturated heterocycles. The molecule has 39 heavy (non-hydrogen) atoms. The number of rotatable bonds is 11. The zero-order valence-electron chi connectivity index (χ0n) is 21.7. The molecule has 2 heterocycles. The molecular formula is C26H31ClN4O7S. The Morgan fingerprint density at radius 2 is 1.77 bits per heavy atom. The number of methoxy groups -OCH3 is 2. The van der Waals surface area contributed by atoms with E-state index in [1.807, 2.05) is 0 Å². The maximum Gasteiger partial charge on any atom is 0.322 e. The van der Waals surface area contributed by atoms with Crippen molar-refractivity contribution in [2.45, 2.75) is 42.5 Å². The van der Waals surface area contributed by atoms with Crippen LogP contribution in [0.2, 0.25) is 5.02 Å². The number of likely N-dealkylation sites (tertiary alicyclic amines) is 1. The van der Waals surface area contributed by atoms with E-state index < -0.39 is 21.6 Å². The minimum Gasteiger partial charge on any atom is -0.496 e. The molecule has 0 bridgehead atoms.